The van der Waals surface area contributed by atoms with Gasteiger partial charge in [0.1, 0.15) is 5.82 Å². The highest BCUT2D eigenvalue weighted by molar-refractivity contribution is 7.90. The molecule has 0 fully saturated rings. The Hall–Kier alpha value is -2.80. The van der Waals surface area contributed by atoms with Gasteiger partial charge in [0.2, 0.25) is 5.95 Å². The maximum atomic E-state index is 13.8. The Balaban J connectivity index is 1.73. The number of hydrogen-bond donors (Lipinski definition) is 1. The number of sulfone groups is 1. The van der Waals surface area contributed by atoms with Crippen molar-refractivity contribution in [1.82, 2.24) is 9.97 Å². The van der Waals surface area contributed by atoms with Gasteiger partial charge in [0, 0.05) is 17.5 Å². The summed E-state index contributed by atoms with van der Waals surface area (Å²) in [6, 6.07) is 12.0. The molecule has 152 valence electrons. The van der Waals surface area contributed by atoms with E-state index < -0.39 is 9.84 Å². The third kappa shape index (κ3) is 4.98. The lowest BCUT2D eigenvalue weighted by Crippen LogP contribution is -2.03. The van der Waals surface area contributed by atoms with Crippen molar-refractivity contribution >= 4 is 15.8 Å². The molecule has 3 aromatic rings. The van der Waals surface area contributed by atoms with E-state index in [-0.39, 0.29) is 11.8 Å². The first-order valence-electron chi connectivity index (χ1n) is 9.33. The van der Waals surface area contributed by atoms with Crippen LogP contribution in [0, 0.1) is 19.7 Å². The molecule has 3 rings (SSSR count). The van der Waals surface area contributed by atoms with Crippen LogP contribution in [0.25, 0.3) is 11.3 Å². The first-order chi connectivity index (χ1) is 13.6. The highest BCUT2D eigenvalue weighted by Crippen LogP contribution is 2.27. The van der Waals surface area contributed by atoms with Crippen LogP contribution in [0.5, 0.6) is 0 Å². The van der Waals surface area contributed by atoms with Gasteiger partial charge in [0.15, 0.2) is 9.84 Å². The van der Waals surface area contributed by atoms with Gasteiger partial charge in [-0.25, -0.2) is 22.8 Å². The summed E-state index contributed by atoms with van der Waals surface area (Å²) in [6.45, 7) is 3.61. The first kappa shape index (κ1) is 20.9. The van der Waals surface area contributed by atoms with Gasteiger partial charge >= 0.3 is 0 Å². The quantitative estimate of drug-likeness (QED) is 0.659. The van der Waals surface area contributed by atoms with Gasteiger partial charge in [0.05, 0.1) is 10.6 Å². The second kappa shape index (κ2) is 8.29. The van der Waals surface area contributed by atoms with Crippen LogP contribution in [-0.4, -0.2) is 24.6 Å². The molecule has 0 aliphatic carbocycles. The number of halogens is 1. The molecule has 0 unspecified atom stereocenters. The number of aryl methyl sites for hydroxylation is 2. The molecule has 7 heteroatoms. The molecule has 2 N–H and O–H groups in total. The normalized spacial score (nSPS) is 11.6. The number of nitrogens with two attached hydrogens (primary N) is 1. The van der Waals surface area contributed by atoms with Gasteiger partial charge in [0.25, 0.3) is 0 Å². The second-order valence-electron chi connectivity index (χ2n) is 7.22. The summed E-state index contributed by atoms with van der Waals surface area (Å²) in [5, 5.41) is 0. The predicted molar refractivity (Wildman–Crippen MR) is 113 cm³/mol. The van der Waals surface area contributed by atoms with Crippen molar-refractivity contribution in [2.24, 2.45) is 0 Å². The topological polar surface area (TPSA) is 85.9 Å². The summed E-state index contributed by atoms with van der Waals surface area (Å²) < 4.78 is 36.8. The van der Waals surface area contributed by atoms with Crippen molar-refractivity contribution in [2.75, 3.05) is 12.0 Å². The van der Waals surface area contributed by atoms with E-state index in [0.29, 0.717) is 22.6 Å². The Bertz CT molecular complexity index is 1140. The van der Waals surface area contributed by atoms with E-state index in [1.54, 1.807) is 25.1 Å². The van der Waals surface area contributed by atoms with Crippen LogP contribution in [0.15, 0.2) is 47.4 Å². The number of benzene rings is 2. The fourth-order valence-corrected chi connectivity index (χ4v) is 3.86. The Kier molecular flexibility index (Phi) is 5.98. The van der Waals surface area contributed by atoms with Crippen molar-refractivity contribution in [1.29, 1.82) is 0 Å². The molecule has 0 amide bonds. The maximum Gasteiger partial charge on any atom is 0.220 e. The lowest BCUT2D eigenvalue weighted by Gasteiger charge is -2.11. The van der Waals surface area contributed by atoms with E-state index in [0.717, 1.165) is 35.2 Å². The van der Waals surface area contributed by atoms with E-state index in [9.17, 15) is 12.8 Å². The number of anilines is 1. The van der Waals surface area contributed by atoms with Crippen LogP contribution >= 0.6 is 0 Å². The van der Waals surface area contributed by atoms with Gasteiger partial charge in [-0.3, -0.25) is 0 Å². The molecular weight excluding hydrogens is 389 g/mol. The number of aromatic nitrogens is 2. The largest absolute Gasteiger partial charge is 0.368 e. The van der Waals surface area contributed by atoms with Crippen LogP contribution in [0.3, 0.4) is 0 Å². The molecule has 0 saturated heterocycles. The van der Waals surface area contributed by atoms with Crippen LogP contribution < -0.4 is 5.73 Å². The molecule has 0 bridgehead atoms. The molecule has 29 heavy (non-hydrogen) atoms. The Morgan fingerprint density at radius 1 is 0.966 bits per heavy atom. The SMILES string of the molecule is Cc1c(F)ccc(-c2cc(CCCc3ccc(S(C)(=O)=O)cc3)nc(N)n2)c1C. The highest BCUT2D eigenvalue weighted by atomic mass is 32.2. The van der Waals surface area contributed by atoms with Gasteiger partial charge in [-0.15, -0.1) is 0 Å². The Morgan fingerprint density at radius 2 is 1.66 bits per heavy atom. The van der Waals surface area contributed by atoms with Crippen molar-refractivity contribution < 1.29 is 12.8 Å². The molecule has 0 saturated carbocycles. The number of hydrogen-bond acceptors (Lipinski definition) is 5. The minimum Gasteiger partial charge on any atom is -0.368 e. The van der Waals surface area contributed by atoms with Gasteiger partial charge < -0.3 is 5.73 Å². The fraction of sp³-hybridized carbons (Fsp3) is 0.273. The average molecular weight is 414 g/mol. The Morgan fingerprint density at radius 3 is 2.31 bits per heavy atom. The first-order valence-corrected chi connectivity index (χ1v) is 11.2. The molecule has 2 aromatic carbocycles. The maximum absolute atomic E-state index is 13.8. The average Bonchev–Trinajstić information content (AvgIpc) is 2.65. The summed E-state index contributed by atoms with van der Waals surface area (Å²) in [6.07, 6.45) is 3.52. The van der Waals surface area contributed by atoms with Gasteiger partial charge in [-0.05, 0) is 80.1 Å². The summed E-state index contributed by atoms with van der Waals surface area (Å²) in [5.41, 5.74) is 10.7. The lowest BCUT2D eigenvalue weighted by molar-refractivity contribution is 0.602. The van der Waals surface area contributed by atoms with Crippen molar-refractivity contribution in [3.05, 3.63) is 70.7 Å². The smallest absolute Gasteiger partial charge is 0.220 e. The number of rotatable bonds is 6. The fourth-order valence-electron chi connectivity index (χ4n) is 3.23. The van der Waals surface area contributed by atoms with E-state index in [2.05, 4.69) is 9.97 Å². The summed E-state index contributed by atoms with van der Waals surface area (Å²) in [4.78, 5) is 8.96. The second-order valence-corrected chi connectivity index (χ2v) is 9.23. The summed E-state index contributed by atoms with van der Waals surface area (Å²) >= 11 is 0. The monoisotopic (exact) mass is 413 g/mol. The Labute approximate surface area is 170 Å². The number of nitrogens with zero attached hydrogens (tertiary/aromatic N) is 2. The summed E-state index contributed by atoms with van der Waals surface area (Å²) in [7, 11) is -3.18. The standard InChI is InChI=1S/C22H24FN3O2S/c1-14-15(2)20(23)12-11-19(14)21-13-17(25-22(24)26-21)6-4-5-16-7-9-18(10-8-16)29(3,27)28/h7-13H,4-6H2,1-3H3,(H2,24,25,26). The van der Waals surface area contributed by atoms with E-state index in [4.69, 9.17) is 5.73 Å². The third-order valence-corrected chi connectivity index (χ3v) is 6.17. The zero-order valence-electron chi connectivity index (χ0n) is 16.7. The van der Waals surface area contributed by atoms with Gasteiger partial charge in [-0.1, -0.05) is 12.1 Å². The molecule has 0 spiro atoms. The summed E-state index contributed by atoms with van der Waals surface area (Å²) in [5.74, 6) is -0.0493. The van der Waals surface area contributed by atoms with E-state index >= 15 is 0 Å². The zero-order valence-corrected chi connectivity index (χ0v) is 17.6. The molecule has 0 radical (unpaired) electrons. The van der Waals surface area contributed by atoms with Crippen molar-refractivity contribution in [3.8, 4) is 11.3 Å². The van der Waals surface area contributed by atoms with E-state index in [1.165, 1.54) is 12.3 Å². The molecular formula is C22H24FN3O2S. The van der Waals surface area contributed by atoms with Crippen molar-refractivity contribution in [3.63, 3.8) is 0 Å². The van der Waals surface area contributed by atoms with E-state index in [1.807, 2.05) is 25.1 Å². The third-order valence-electron chi connectivity index (χ3n) is 5.04. The van der Waals surface area contributed by atoms with Crippen LogP contribution in [0.4, 0.5) is 10.3 Å². The molecule has 0 aliphatic heterocycles. The molecule has 0 atom stereocenters. The molecule has 0 aliphatic rings. The van der Waals surface area contributed by atoms with Crippen LogP contribution in [0.2, 0.25) is 0 Å². The minimum absolute atomic E-state index is 0.191. The lowest BCUT2D eigenvalue weighted by atomic mass is 9.99. The van der Waals surface area contributed by atoms with Crippen LogP contribution in [-0.2, 0) is 22.7 Å². The van der Waals surface area contributed by atoms with Crippen LogP contribution in [0.1, 0.15) is 28.8 Å². The minimum atomic E-state index is -3.18. The highest BCUT2D eigenvalue weighted by Gasteiger charge is 2.12. The molecule has 1 aromatic heterocycles. The molecule has 5 nitrogen and oxygen atoms in total. The number of nitrogen functional groups attached to an aromatic ring is 1. The predicted octanol–water partition coefficient (Wildman–Crippen LogP) is 4.06. The van der Waals surface area contributed by atoms with Gasteiger partial charge in [-0.2, -0.15) is 0 Å². The zero-order chi connectivity index (χ0) is 21.2. The van der Waals surface area contributed by atoms with Crippen molar-refractivity contribution in [2.45, 2.75) is 38.0 Å². The molecule has 1 heterocycles.